The van der Waals surface area contributed by atoms with Gasteiger partial charge in [-0.3, -0.25) is 0 Å². The van der Waals surface area contributed by atoms with Gasteiger partial charge in [-0.25, -0.2) is 0 Å². The van der Waals surface area contributed by atoms with Gasteiger partial charge >= 0.3 is 0 Å². The van der Waals surface area contributed by atoms with E-state index in [1.165, 1.54) is 25.7 Å². The van der Waals surface area contributed by atoms with Crippen molar-refractivity contribution in [3.63, 3.8) is 0 Å². The maximum Gasteiger partial charge on any atom is 0 e. The van der Waals surface area contributed by atoms with E-state index in [0.717, 1.165) is 0 Å². The first kappa shape index (κ1) is 16.6. The van der Waals surface area contributed by atoms with Gasteiger partial charge in [-0.05, 0) is 0 Å². The van der Waals surface area contributed by atoms with Crippen molar-refractivity contribution in [1.29, 1.82) is 0 Å². The summed E-state index contributed by atoms with van der Waals surface area (Å²) in [5.41, 5.74) is 0. The molecule has 0 heterocycles. The molecular formula is C7H16BrZn-. The molecule has 0 aromatic heterocycles. The largest absolute Gasteiger partial charge is 0.329 e. The normalized spacial score (nSPS) is 7.33. The van der Waals surface area contributed by atoms with Crippen LogP contribution < -0.4 is 0 Å². The van der Waals surface area contributed by atoms with Crippen molar-refractivity contribution < 1.29 is 19.5 Å². The van der Waals surface area contributed by atoms with Crippen LogP contribution in [0.15, 0.2) is 0 Å². The van der Waals surface area contributed by atoms with Crippen LogP contribution in [-0.2, 0) is 19.5 Å². The Balaban J connectivity index is -0.000000180. The third-order valence-corrected chi connectivity index (χ3v) is 1.05. The van der Waals surface area contributed by atoms with Crippen molar-refractivity contribution in [3.8, 4) is 0 Å². The van der Waals surface area contributed by atoms with E-state index in [1.54, 1.807) is 0 Å². The Kier molecular flexibility index (Phi) is 29.6. The molecule has 0 N–H and O–H groups in total. The van der Waals surface area contributed by atoms with Gasteiger partial charge < -0.3 is 6.42 Å². The fraction of sp³-hybridized carbons (Fsp3) is 0.857. The predicted octanol–water partition coefficient (Wildman–Crippen LogP) is 3.37. The monoisotopic (exact) mass is 243 g/mol. The Labute approximate surface area is 82.3 Å². The minimum atomic E-state index is 0. The first-order valence-electron chi connectivity index (χ1n) is 3.23. The second kappa shape index (κ2) is 16.0. The first-order valence-corrected chi connectivity index (χ1v) is 3.23. The summed E-state index contributed by atoms with van der Waals surface area (Å²) in [5, 5.41) is 0. The van der Waals surface area contributed by atoms with E-state index in [9.17, 15) is 0 Å². The van der Waals surface area contributed by atoms with Crippen molar-refractivity contribution >= 4 is 17.0 Å². The Morgan fingerprint density at radius 1 is 1.22 bits per heavy atom. The van der Waals surface area contributed by atoms with Crippen LogP contribution in [0.4, 0.5) is 0 Å². The second-order valence-corrected chi connectivity index (χ2v) is 1.84. The summed E-state index contributed by atoms with van der Waals surface area (Å²) < 4.78 is 0. The fourth-order valence-electron chi connectivity index (χ4n) is 0.553. The Morgan fingerprint density at radius 2 is 1.78 bits per heavy atom. The molecule has 0 atom stereocenters. The summed E-state index contributed by atoms with van der Waals surface area (Å²) in [6, 6.07) is 0. The number of halogens is 1. The van der Waals surface area contributed by atoms with Gasteiger partial charge in [-0.15, -0.1) is 17.0 Å². The van der Waals surface area contributed by atoms with E-state index in [2.05, 4.69) is 20.3 Å². The average molecular weight is 245 g/mol. The quantitative estimate of drug-likeness (QED) is 0.405. The van der Waals surface area contributed by atoms with Crippen molar-refractivity contribution in [2.75, 3.05) is 0 Å². The third kappa shape index (κ3) is 17.6. The van der Waals surface area contributed by atoms with Crippen molar-refractivity contribution in [3.05, 3.63) is 6.42 Å². The first-order chi connectivity index (χ1) is 3.41. The molecule has 0 radical (unpaired) electrons. The molecule has 9 heavy (non-hydrogen) atoms. The van der Waals surface area contributed by atoms with Gasteiger partial charge in [-0.1, -0.05) is 26.7 Å². The zero-order chi connectivity index (χ0) is 5.54. The van der Waals surface area contributed by atoms with Crippen LogP contribution in [0.5, 0.6) is 0 Å². The summed E-state index contributed by atoms with van der Waals surface area (Å²) in [7, 11) is 0. The van der Waals surface area contributed by atoms with Crippen molar-refractivity contribution in [1.82, 2.24) is 0 Å². The number of hydrogen-bond acceptors (Lipinski definition) is 0. The molecule has 0 amide bonds. The van der Waals surface area contributed by atoms with Gasteiger partial charge in [0.15, 0.2) is 0 Å². The molecule has 0 aliphatic heterocycles. The molecule has 0 nitrogen and oxygen atoms in total. The molecule has 0 aromatic rings. The summed E-state index contributed by atoms with van der Waals surface area (Å²) in [6.07, 6.45) is 7.58. The minimum absolute atomic E-state index is 0. The molecule has 0 aromatic carbocycles. The average Bonchev–Trinajstić information content (AvgIpc) is 1.69. The molecule has 54 valence electrons. The van der Waals surface area contributed by atoms with Gasteiger partial charge in [0.2, 0.25) is 0 Å². The Hall–Kier alpha value is 1.10. The van der Waals surface area contributed by atoms with Gasteiger partial charge in [-0.2, -0.15) is 12.8 Å². The van der Waals surface area contributed by atoms with Crippen LogP contribution in [0.2, 0.25) is 0 Å². The predicted molar refractivity (Wildman–Crippen MR) is 44.4 cm³/mol. The summed E-state index contributed by atoms with van der Waals surface area (Å²) in [4.78, 5) is 0. The van der Waals surface area contributed by atoms with E-state index < -0.39 is 0 Å². The zero-order valence-electron chi connectivity index (χ0n) is 6.52. The molecule has 0 saturated carbocycles. The maximum atomic E-state index is 2.34. The summed E-state index contributed by atoms with van der Waals surface area (Å²) in [5.74, 6) is 0. The maximum absolute atomic E-state index is 2.34. The summed E-state index contributed by atoms with van der Waals surface area (Å²) >= 11 is 0. The van der Waals surface area contributed by atoms with Crippen LogP contribution in [-0.4, -0.2) is 0 Å². The molecule has 0 aliphatic carbocycles. The topological polar surface area (TPSA) is 0 Å². The van der Waals surface area contributed by atoms with Crippen molar-refractivity contribution in [2.45, 2.75) is 39.5 Å². The summed E-state index contributed by atoms with van der Waals surface area (Å²) in [6.45, 7) is 4.42. The Bertz CT molecular complexity index is 28.1. The van der Waals surface area contributed by atoms with Crippen LogP contribution in [0.3, 0.4) is 0 Å². The van der Waals surface area contributed by atoms with Crippen molar-refractivity contribution in [2.24, 2.45) is 0 Å². The van der Waals surface area contributed by atoms with Crippen LogP contribution >= 0.6 is 17.0 Å². The molecule has 0 unspecified atom stereocenters. The van der Waals surface area contributed by atoms with Gasteiger partial charge in [0.05, 0.1) is 0 Å². The van der Waals surface area contributed by atoms with Crippen LogP contribution in [0, 0.1) is 6.42 Å². The molecule has 2 heteroatoms. The second-order valence-electron chi connectivity index (χ2n) is 1.84. The molecule has 0 rings (SSSR count). The Morgan fingerprint density at radius 3 is 2.11 bits per heavy atom. The van der Waals surface area contributed by atoms with E-state index in [1.807, 2.05) is 0 Å². The van der Waals surface area contributed by atoms with Gasteiger partial charge in [0, 0.05) is 19.5 Å². The third-order valence-electron chi connectivity index (χ3n) is 1.05. The zero-order valence-corrected chi connectivity index (χ0v) is 11.2. The molecule has 0 bridgehead atoms. The number of rotatable bonds is 4. The van der Waals surface area contributed by atoms with E-state index in [0.29, 0.717) is 0 Å². The van der Waals surface area contributed by atoms with E-state index >= 15 is 0 Å². The minimum Gasteiger partial charge on any atom is -0.329 e. The van der Waals surface area contributed by atoms with E-state index in [-0.39, 0.29) is 36.5 Å². The molecule has 0 spiro atoms. The van der Waals surface area contributed by atoms with Crippen LogP contribution in [0.25, 0.3) is 0 Å². The molecule has 0 fully saturated rings. The van der Waals surface area contributed by atoms with E-state index in [4.69, 9.17) is 0 Å². The van der Waals surface area contributed by atoms with Gasteiger partial charge in [0.25, 0.3) is 0 Å². The van der Waals surface area contributed by atoms with Gasteiger partial charge in [0.1, 0.15) is 0 Å². The molecule has 0 aliphatic rings. The van der Waals surface area contributed by atoms with Crippen LogP contribution in [0.1, 0.15) is 39.5 Å². The number of hydrogen-bond donors (Lipinski definition) is 0. The standard InChI is InChI=1S/C7H15.BrH.Zn/c1-3-5-7-6-4-2;;/h5H,3-4,6-7H2,1-2H3;1H;/q-1;;. The smallest absolute Gasteiger partial charge is 0 e. The molecular weight excluding hydrogens is 229 g/mol. The number of unbranched alkanes of at least 4 members (excludes halogenated alkanes) is 4. The fourth-order valence-corrected chi connectivity index (χ4v) is 0.553. The molecule has 0 saturated heterocycles. The SMILES string of the molecule is Br.CC[CH-]CCCC.[Zn].